The van der Waals surface area contributed by atoms with Crippen LogP contribution in [0.4, 0.5) is 4.39 Å². The molecule has 1 saturated heterocycles. The second-order valence-corrected chi connectivity index (χ2v) is 5.24. The summed E-state index contributed by atoms with van der Waals surface area (Å²) >= 11 is 0. The van der Waals surface area contributed by atoms with E-state index in [0.29, 0.717) is 6.61 Å². The Hall–Kier alpha value is -0.970. The lowest BCUT2D eigenvalue weighted by Gasteiger charge is -2.36. The molecule has 2 N–H and O–H groups in total. The summed E-state index contributed by atoms with van der Waals surface area (Å²) in [6, 6.07) is 4.51. The third kappa shape index (κ3) is 3.53. The molecule has 0 saturated carbocycles. The van der Waals surface area contributed by atoms with Crippen LogP contribution in [0, 0.1) is 12.7 Å². The third-order valence-electron chi connectivity index (χ3n) is 3.72. The maximum absolute atomic E-state index is 13.4. The number of rotatable bonds is 4. The van der Waals surface area contributed by atoms with Gasteiger partial charge in [-0.05, 0) is 43.1 Å². The van der Waals surface area contributed by atoms with E-state index in [9.17, 15) is 4.39 Å². The van der Waals surface area contributed by atoms with Gasteiger partial charge < -0.3 is 10.5 Å². The maximum atomic E-state index is 13.4. The van der Waals surface area contributed by atoms with Crippen molar-refractivity contribution in [1.82, 2.24) is 4.90 Å². The van der Waals surface area contributed by atoms with Crippen molar-refractivity contribution in [3.8, 4) is 0 Å². The summed E-state index contributed by atoms with van der Waals surface area (Å²) in [5, 5.41) is 0. The molecule has 0 spiro atoms. The molecule has 3 nitrogen and oxygen atoms in total. The highest BCUT2D eigenvalue weighted by Gasteiger charge is 2.27. The van der Waals surface area contributed by atoms with Gasteiger partial charge in [-0.3, -0.25) is 4.90 Å². The monoisotopic (exact) mass is 266 g/mol. The summed E-state index contributed by atoms with van der Waals surface area (Å²) in [6.45, 7) is 7.67. The molecule has 106 valence electrons. The van der Waals surface area contributed by atoms with Crippen molar-refractivity contribution < 1.29 is 9.13 Å². The standard InChI is InChI=1S/C15H23FN2O/c1-3-6-18-7-8-19-14(10-18)15(17)13-9-12(16)5-4-11(13)2/h4-5,9,14-15H,3,6-8,10,17H2,1-2H3. The molecule has 2 rings (SSSR count). The molecule has 1 aliphatic rings. The number of hydrogen-bond donors (Lipinski definition) is 1. The molecule has 0 aromatic heterocycles. The van der Waals surface area contributed by atoms with E-state index in [2.05, 4.69) is 11.8 Å². The molecule has 1 aromatic rings. The minimum Gasteiger partial charge on any atom is -0.374 e. The van der Waals surface area contributed by atoms with Gasteiger partial charge in [0.2, 0.25) is 0 Å². The van der Waals surface area contributed by atoms with Gasteiger partial charge in [0.15, 0.2) is 0 Å². The minimum absolute atomic E-state index is 0.0548. The van der Waals surface area contributed by atoms with Gasteiger partial charge in [-0.25, -0.2) is 4.39 Å². The second-order valence-electron chi connectivity index (χ2n) is 5.24. The number of aryl methyl sites for hydroxylation is 1. The number of nitrogens with two attached hydrogens (primary N) is 1. The fourth-order valence-corrected chi connectivity index (χ4v) is 2.64. The van der Waals surface area contributed by atoms with Crippen LogP contribution in [-0.4, -0.2) is 37.2 Å². The Labute approximate surface area is 114 Å². The fraction of sp³-hybridized carbons (Fsp3) is 0.600. The lowest BCUT2D eigenvalue weighted by molar-refractivity contribution is -0.0409. The Morgan fingerprint density at radius 3 is 3.05 bits per heavy atom. The lowest BCUT2D eigenvalue weighted by atomic mass is 9.96. The van der Waals surface area contributed by atoms with E-state index in [1.54, 1.807) is 6.07 Å². The van der Waals surface area contributed by atoms with Gasteiger partial charge in [-0.2, -0.15) is 0 Å². The second kappa shape index (κ2) is 6.46. The van der Waals surface area contributed by atoms with E-state index in [-0.39, 0.29) is 18.0 Å². The zero-order chi connectivity index (χ0) is 13.8. The third-order valence-corrected chi connectivity index (χ3v) is 3.72. The van der Waals surface area contributed by atoms with E-state index in [1.165, 1.54) is 12.1 Å². The van der Waals surface area contributed by atoms with Crippen molar-refractivity contribution in [1.29, 1.82) is 0 Å². The number of nitrogens with zero attached hydrogens (tertiary/aromatic N) is 1. The minimum atomic E-state index is -0.268. The van der Waals surface area contributed by atoms with E-state index in [1.807, 2.05) is 6.92 Å². The smallest absolute Gasteiger partial charge is 0.123 e. The highest BCUT2D eigenvalue weighted by Crippen LogP contribution is 2.24. The van der Waals surface area contributed by atoms with Gasteiger partial charge in [0, 0.05) is 13.1 Å². The summed E-state index contributed by atoms with van der Waals surface area (Å²) in [6.07, 6.45) is 1.07. The molecular weight excluding hydrogens is 243 g/mol. The van der Waals surface area contributed by atoms with Gasteiger partial charge in [-0.1, -0.05) is 13.0 Å². The van der Waals surface area contributed by atoms with Gasteiger partial charge in [0.05, 0.1) is 18.8 Å². The fourth-order valence-electron chi connectivity index (χ4n) is 2.64. The Bertz CT molecular complexity index is 423. The molecule has 2 atom stereocenters. The molecule has 0 radical (unpaired) electrons. The summed E-state index contributed by atoms with van der Waals surface area (Å²) in [7, 11) is 0. The average molecular weight is 266 g/mol. The average Bonchev–Trinajstić information content (AvgIpc) is 2.41. The number of halogens is 1. The molecule has 4 heteroatoms. The van der Waals surface area contributed by atoms with E-state index >= 15 is 0 Å². The largest absolute Gasteiger partial charge is 0.374 e. The Balaban J connectivity index is 2.10. The molecule has 1 fully saturated rings. The van der Waals surface area contributed by atoms with Crippen LogP contribution < -0.4 is 5.73 Å². The molecule has 0 aliphatic carbocycles. The SMILES string of the molecule is CCCN1CCOC(C(N)c2cc(F)ccc2C)C1. The predicted molar refractivity (Wildman–Crippen MR) is 74.5 cm³/mol. The number of hydrogen-bond acceptors (Lipinski definition) is 3. The van der Waals surface area contributed by atoms with Crippen LogP contribution >= 0.6 is 0 Å². The van der Waals surface area contributed by atoms with Gasteiger partial charge in [0.1, 0.15) is 5.82 Å². The first-order chi connectivity index (χ1) is 9.11. The van der Waals surface area contributed by atoms with Crippen LogP contribution in [0.15, 0.2) is 18.2 Å². The van der Waals surface area contributed by atoms with Gasteiger partial charge >= 0.3 is 0 Å². The van der Waals surface area contributed by atoms with Gasteiger partial charge in [-0.15, -0.1) is 0 Å². The van der Waals surface area contributed by atoms with Crippen molar-refractivity contribution in [3.05, 3.63) is 35.1 Å². The quantitative estimate of drug-likeness (QED) is 0.908. The van der Waals surface area contributed by atoms with Crippen molar-refractivity contribution in [2.45, 2.75) is 32.4 Å². The molecule has 2 unspecified atom stereocenters. The first kappa shape index (κ1) is 14.4. The van der Waals surface area contributed by atoms with E-state index < -0.39 is 0 Å². The zero-order valence-electron chi connectivity index (χ0n) is 11.7. The molecule has 1 heterocycles. The first-order valence-electron chi connectivity index (χ1n) is 6.97. The van der Waals surface area contributed by atoms with Crippen molar-refractivity contribution in [2.24, 2.45) is 5.73 Å². The molecule has 0 bridgehead atoms. The zero-order valence-corrected chi connectivity index (χ0v) is 11.7. The maximum Gasteiger partial charge on any atom is 0.123 e. The Morgan fingerprint density at radius 2 is 2.32 bits per heavy atom. The highest BCUT2D eigenvalue weighted by molar-refractivity contribution is 5.30. The number of morpholine rings is 1. The van der Waals surface area contributed by atoms with Crippen LogP contribution in [-0.2, 0) is 4.74 Å². The van der Waals surface area contributed by atoms with Crippen LogP contribution in [0.3, 0.4) is 0 Å². The molecule has 1 aliphatic heterocycles. The molecular formula is C15H23FN2O. The summed E-state index contributed by atoms with van der Waals surface area (Å²) in [5.41, 5.74) is 8.15. The number of ether oxygens (including phenoxy) is 1. The molecule has 19 heavy (non-hydrogen) atoms. The van der Waals surface area contributed by atoms with Crippen LogP contribution in [0.2, 0.25) is 0 Å². The Kier molecular flexibility index (Phi) is 4.91. The van der Waals surface area contributed by atoms with E-state index in [0.717, 1.165) is 37.2 Å². The van der Waals surface area contributed by atoms with Crippen molar-refractivity contribution in [3.63, 3.8) is 0 Å². The predicted octanol–water partition coefficient (Wildman–Crippen LogP) is 2.24. The number of benzene rings is 1. The lowest BCUT2D eigenvalue weighted by Crippen LogP contribution is -2.47. The normalized spacial score (nSPS) is 22.4. The van der Waals surface area contributed by atoms with Crippen molar-refractivity contribution in [2.75, 3.05) is 26.2 Å². The van der Waals surface area contributed by atoms with Crippen LogP contribution in [0.25, 0.3) is 0 Å². The first-order valence-corrected chi connectivity index (χ1v) is 6.97. The molecule has 0 amide bonds. The summed E-state index contributed by atoms with van der Waals surface area (Å²) in [4.78, 5) is 2.36. The topological polar surface area (TPSA) is 38.5 Å². The Morgan fingerprint density at radius 1 is 1.53 bits per heavy atom. The van der Waals surface area contributed by atoms with Gasteiger partial charge in [0.25, 0.3) is 0 Å². The van der Waals surface area contributed by atoms with Crippen molar-refractivity contribution >= 4 is 0 Å². The summed E-state index contributed by atoms with van der Waals surface area (Å²) in [5.74, 6) is -0.239. The highest BCUT2D eigenvalue weighted by atomic mass is 19.1. The van der Waals surface area contributed by atoms with Crippen LogP contribution in [0.1, 0.15) is 30.5 Å². The van der Waals surface area contributed by atoms with E-state index in [4.69, 9.17) is 10.5 Å². The molecule has 1 aromatic carbocycles. The summed E-state index contributed by atoms with van der Waals surface area (Å²) < 4.78 is 19.1. The van der Waals surface area contributed by atoms with Crippen LogP contribution in [0.5, 0.6) is 0 Å².